The summed E-state index contributed by atoms with van der Waals surface area (Å²) >= 11 is 0. The number of halogens is 1. The molecule has 152 valence electrons. The molecule has 2 atom stereocenters. The Morgan fingerprint density at radius 2 is 2.15 bits per heavy atom. The highest BCUT2D eigenvalue weighted by Gasteiger charge is 2.19. The molecule has 0 aromatic heterocycles. The molecule has 0 spiro atoms. The third kappa shape index (κ3) is 7.23. The zero-order valence-corrected chi connectivity index (χ0v) is 18.7. The van der Waals surface area contributed by atoms with Crippen LogP contribution in [-0.4, -0.2) is 52.5 Å². The van der Waals surface area contributed by atoms with E-state index < -0.39 is 0 Å². The molecule has 1 aromatic carbocycles. The van der Waals surface area contributed by atoms with Crippen LogP contribution in [0, 0.1) is 5.92 Å². The van der Waals surface area contributed by atoms with E-state index in [0.717, 1.165) is 58.3 Å². The lowest BCUT2D eigenvalue weighted by molar-refractivity contribution is 0.0888. The zero-order chi connectivity index (χ0) is 18.0. The van der Waals surface area contributed by atoms with E-state index in [9.17, 15) is 0 Å². The third-order valence-electron chi connectivity index (χ3n) is 5.37. The number of hydrogen-bond acceptors (Lipinski definition) is 3. The summed E-state index contributed by atoms with van der Waals surface area (Å²) in [6.45, 7) is 5.18. The van der Waals surface area contributed by atoms with Gasteiger partial charge >= 0.3 is 0 Å². The molecular weight excluding hydrogens is 453 g/mol. The monoisotopic (exact) mass is 487 g/mol. The maximum atomic E-state index is 5.75. The summed E-state index contributed by atoms with van der Waals surface area (Å²) < 4.78 is 11.1. The van der Waals surface area contributed by atoms with Gasteiger partial charge in [-0.2, -0.15) is 0 Å². The van der Waals surface area contributed by atoms with E-state index in [1.165, 1.54) is 30.4 Å². The standard InChI is InChI=1S/C21H33N3O2.HI/c1-22-21(23-11-5-12-25-15-17-10-13-26-16-17)24-14-19-8-4-7-18-6-2-3-9-20(18)19;/h2-3,6,9,17,19H,4-5,7-8,10-16H2,1H3,(H2,22,23,24);1H. The van der Waals surface area contributed by atoms with E-state index in [2.05, 4.69) is 39.9 Å². The van der Waals surface area contributed by atoms with E-state index in [1.807, 2.05) is 7.05 Å². The van der Waals surface area contributed by atoms with E-state index in [0.29, 0.717) is 11.8 Å². The fourth-order valence-corrected chi connectivity index (χ4v) is 3.85. The average Bonchev–Trinajstić information content (AvgIpc) is 3.20. The number of aliphatic imine (C=N–C) groups is 1. The number of rotatable bonds is 8. The van der Waals surface area contributed by atoms with Crippen LogP contribution in [0.15, 0.2) is 29.3 Å². The van der Waals surface area contributed by atoms with Gasteiger partial charge in [-0.1, -0.05) is 24.3 Å². The van der Waals surface area contributed by atoms with Crippen LogP contribution in [0.25, 0.3) is 0 Å². The van der Waals surface area contributed by atoms with Crippen LogP contribution in [0.1, 0.15) is 42.7 Å². The first kappa shape index (κ1) is 22.4. The lowest BCUT2D eigenvalue weighted by Crippen LogP contribution is -2.40. The second-order valence-corrected chi connectivity index (χ2v) is 7.33. The van der Waals surface area contributed by atoms with Gasteiger partial charge < -0.3 is 20.1 Å². The molecule has 0 saturated carbocycles. The number of nitrogens with one attached hydrogen (secondary N) is 2. The molecule has 1 saturated heterocycles. The Kier molecular flexibility index (Phi) is 10.4. The minimum Gasteiger partial charge on any atom is -0.381 e. The van der Waals surface area contributed by atoms with Crippen LogP contribution in [0.2, 0.25) is 0 Å². The number of nitrogens with zero attached hydrogens (tertiary/aromatic N) is 1. The van der Waals surface area contributed by atoms with Crippen molar-refractivity contribution < 1.29 is 9.47 Å². The number of fused-ring (bicyclic) bond motifs is 1. The summed E-state index contributed by atoms with van der Waals surface area (Å²) in [5.41, 5.74) is 3.02. The lowest BCUT2D eigenvalue weighted by atomic mass is 9.83. The van der Waals surface area contributed by atoms with Crippen molar-refractivity contribution in [2.75, 3.05) is 46.6 Å². The Balaban J connectivity index is 0.00000261. The SMILES string of the molecule is CN=C(NCCCOCC1CCOC1)NCC1CCCc2ccccc21.I. The molecule has 2 N–H and O–H groups in total. The first-order valence-corrected chi connectivity index (χ1v) is 10.0. The summed E-state index contributed by atoms with van der Waals surface area (Å²) in [7, 11) is 1.83. The van der Waals surface area contributed by atoms with Gasteiger partial charge in [-0.3, -0.25) is 4.99 Å². The van der Waals surface area contributed by atoms with Crippen molar-refractivity contribution >= 4 is 29.9 Å². The molecule has 1 aliphatic carbocycles. The molecule has 0 amide bonds. The second-order valence-electron chi connectivity index (χ2n) is 7.33. The van der Waals surface area contributed by atoms with Crippen LogP contribution >= 0.6 is 24.0 Å². The maximum absolute atomic E-state index is 5.75. The van der Waals surface area contributed by atoms with Gasteiger partial charge in [0.05, 0.1) is 13.2 Å². The zero-order valence-electron chi connectivity index (χ0n) is 16.4. The molecule has 2 aliphatic rings. The van der Waals surface area contributed by atoms with Gasteiger partial charge in [0.25, 0.3) is 0 Å². The molecule has 6 heteroatoms. The van der Waals surface area contributed by atoms with Crippen LogP contribution in [0.3, 0.4) is 0 Å². The summed E-state index contributed by atoms with van der Waals surface area (Å²) in [4.78, 5) is 4.35. The Morgan fingerprint density at radius 1 is 1.26 bits per heavy atom. The molecule has 0 bridgehead atoms. The molecule has 27 heavy (non-hydrogen) atoms. The van der Waals surface area contributed by atoms with E-state index in [1.54, 1.807) is 0 Å². The van der Waals surface area contributed by atoms with Crippen molar-refractivity contribution in [3.8, 4) is 0 Å². The third-order valence-corrected chi connectivity index (χ3v) is 5.37. The topological polar surface area (TPSA) is 54.9 Å². The van der Waals surface area contributed by atoms with Gasteiger partial charge in [0.2, 0.25) is 0 Å². The second kappa shape index (κ2) is 12.6. The molecule has 2 unspecified atom stereocenters. The normalized spacial score (nSPS) is 22.0. The summed E-state index contributed by atoms with van der Waals surface area (Å²) in [6, 6.07) is 8.86. The number of guanidine groups is 1. The quantitative estimate of drug-likeness (QED) is 0.256. The summed E-state index contributed by atoms with van der Waals surface area (Å²) in [5, 5.41) is 6.89. The van der Waals surface area contributed by atoms with Crippen LogP contribution in [0.4, 0.5) is 0 Å². The smallest absolute Gasteiger partial charge is 0.190 e. The predicted octanol–water partition coefficient (Wildman–Crippen LogP) is 3.33. The van der Waals surface area contributed by atoms with Crippen molar-refractivity contribution in [1.29, 1.82) is 0 Å². The predicted molar refractivity (Wildman–Crippen MR) is 121 cm³/mol. The maximum Gasteiger partial charge on any atom is 0.190 e. The van der Waals surface area contributed by atoms with Gasteiger partial charge in [-0.05, 0) is 43.2 Å². The fraction of sp³-hybridized carbons (Fsp3) is 0.667. The van der Waals surface area contributed by atoms with Crippen molar-refractivity contribution in [2.24, 2.45) is 10.9 Å². The van der Waals surface area contributed by atoms with E-state index in [-0.39, 0.29) is 24.0 Å². The van der Waals surface area contributed by atoms with Gasteiger partial charge in [0.15, 0.2) is 5.96 Å². The van der Waals surface area contributed by atoms with Gasteiger partial charge in [0.1, 0.15) is 0 Å². The molecule has 1 fully saturated rings. The number of aryl methyl sites for hydroxylation is 1. The first-order valence-electron chi connectivity index (χ1n) is 10.0. The Labute approximate surface area is 180 Å². The van der Waals surface area contributed by atoms with Crippen molar-refractivity contribution in [1.82, 2.24) is 10.6 Å². The lowest BCUT2D eigenvalue weighted by Gasteiger charge is -2.26. The van der Waals surface area contributed by atoms with Gasteiger partial charge in [0, 0.05) is 45.2 Å². The highest BCUT2D eigenvalue weighted by Crippen LogP contribution is 2.30. The average molecular weight is 487 g/mol. The summed E-state index contributed by atoms with van der Waals surface area (Å²) in [5.74, 6) is 2.06. The molecule has 1 heterocycles. The van der Waals surface area contributed by atoms with Crippen LogP contribution < -0.4 is 10.6 Å². The Hall–Kier alpha value is -0.860. The Bertz CT molecular complexity index is 576. The largest absolute Gasteiger partial charge is 0.381 e. The molecule has 0 radical (unpaired) electrons. The molecule has 1 aromatic rings. The first-order chi connectivity index (χ1) is 12.9. The minimum absolute atomic E-state index is 0. The van der Waals surface area contributed by atoms with Crippen molar-refractivity contribution in [3.63, 3.8) is 0 Å². The minimum atomic E-state index is 0. The van der Waals surface area contributed by atoms with Crippen molar-refractivity contribution in [3.05, 3.63) is 35.4 Å². The molecular formula is C21H34IN3O2. The van der Waals surface area contributed by atoms with Gasteiger partial charge in [-0.15, -0.1) is 24.0 Å². The summed E-state index contributed by atoms with van der Waals surface area (Å²) in [6.07, 6.45) is 5.87. The highest BCUT2D eigenvalue weighted by atomic mass is 127. The van der Waals surface area contributed by atoms with Crippen molar-refractivity contribution in [2.45, 2.75) is 38.0 Å². The molecule has 1 aliphatic heterocycles. The van der Waals surface area contributed by atoms with Crippen LogP contribution in [-0.2, 0) is 15.9 Å². The van der Waals surface area contributed by atoms with E-state index >= 15 is 0 Å². The van der Waals surface area contributed by atoms with Crippen LogP contribution in [0.5, 0.6) is 0 Å². The van der Waals surface area contributed by atoms with Gasteiger partial charge in [-0.25, -0.2) is 0 Å². The number of hydrogen-bond donors (Lipinski definition) is 2. The number of benzene rings is 1. The molecule has 3 rings (SSSR count). The number of ether oxygens (including phenoxy) is 2. The molecule has 5 nitrogen and oxygen atoms in total. The van der Waals surface area contributed by atoms with E-state index in [4.69, 9.17) is 9.47 Å². The highest BCUT2D eigenvalue weighted by molar-refractivity contribution is 14.0. The Morgan fingerprint density at radius 3 is 2.96 bits per heavy atom. The fourth-order valence-electron chi connectivity index (χ4n) is 3.85.